The van der Waals surface area contributed by atoms with Crippen molar-refractivity contribution in [3.63, 3.8) is 0 Å². The molecule has 236 valence electrons. The average molecular weight is 571 g/mol. The molecule has 0 spiro atoms. The van der Waals surface area contributed by atoms with Gasteiger partial charge >= 0.3 is 11.9 Å². The summed E-state index contributed by atoms with van der Waals surface area (Å²) >= 11 is 0. The summed E-state index contributed by atoms with van der Waals surface area (Å²) in [4.78, 5) is 24.0. The normalized spacial score (nSPS) is 14.0. The van der Waals surface area contributed by atoms with Gasteiger partial charge in [-0.3, -0.25) is 9.59 Å². The van der Waals surface area contributed by atoms with Crippen molar-refractivity contribution in [1.82, 2.24) is 0 Å². The highest BCUT2D eigenvalue weighted by atomic mass is 16.6. The molecule has 0 heterocycles. The van der Waals surface area contributed by atoms with Crippen LogP contribution in [0.2, 0.25) is 0 Å². The van der Waals surface area contributed by atoms with Crippen molar-refractivity contribution in [2.45, 2.75) is 167 Å². The van der Waals surface area contributed by atoms with Gasteiger partial charge in [-0.1, -0.05) is 110 Å². The average Bonchev–Trinajstić information content (AvgIpc) is 2.93. The zero-order chi connectivity index (χ0) is 29.8. The van der Waals surface area contributed by atoms with Gasteiger partial charge < -0.3 is 24.8 Å². The standard InChI is InChI=1S/C33H62O7/c1-4-5-6-7-12-17-22-30(35)31(36)23-18-13-10-15-20-25-33(38)40-29(26-34)27-39-32(37)24-19-14-9-8-11-16-21-28(2)3/h12,17,28-31,34-36H,4-11,13-16,18-27H2,1-3H3/b17-12-/t29-,30-,31-/m0/s1. The number of allylic oxidation sites excluding steroid dienone is 1. The fourth-order valence-electron chi connectivity index (χ4n) is 4.52. The van der Waals surface area contributed by atoms with Crippen LogP contribution in [0.15, 0.2) is 12.2 Å². The van der Waals surface area contributed by atoms with E-state index < -0.39 is 24.3 Å². The smallest absolute Gasteiger partial charge is 0.306 e. The molecule has 0 amide bonds. The molecule has 0 aromatic rings. The van der Waals surface area contributed by atoms with Gasteiger partial charge in [-0.2, -0.15) is 0 Å². The first kappa shape index (κ1) is 38.6. The lowest BCUT2D eigenvalue weighted by Gasteiger charge is -2.16. The van der Waals surface area contributed by atoms with Gasteiger partial charge in [0.1, 0.15) is 6.61 Å². The number of rotatable bonds is 28. The van der Waals surface area contributed by atoms with E-state index in [1.165, 1.54) is 44.9 Å². The first-order valence-electron chi connectivity index (χ1n) is 16.3. The van der Waals surface area contributed by atoms with Crippen molar-refractivity contribution in [3.8, 4) is 0 Å². The zero-order valence-corrected chi connectivity index (χ0v) is 26.0. The second kappa shape index (κ2) is 27.7. The molecule has 0 rings (SSSR count). The van der Waals surface area contributed by atoms with Crippen molar-refractivity contribution in [2.24, 2.45) is 5.92 Å². The quantitative estimate of drug-likeness (QED) is 0.0518. The van der Waals surface area contributed by atoms with E-state index in [9.17, 15) is 24.9 Å². The SMILES string of the molecule is CCCCC/C=C\C[C@H](O)[C@@H](O)CCCCCCCC(=O)O[C@@H](CO)COC(=O)CCCCCCCCC(C)C. The van der Waals surface area contributed by atoms with Gasteiger partial charge in [0.15, 0.2) is 6.10 Å². The maximum atomic E-state index is 12.1. The summed E-state index contributed by atoms with van der Waals surface area (Å²) in [6.07, 6.45) is 20.3. The molecule has 0 aliphatic rings. The lowest BCUT2D eigenvalue weighted by atomic mass is 10.0. The Morgan fingerprint density at radius 1 is 0.700 bits per heavy atom. The highest BCUT2D eigenvalue weighted by Gasteiger charge is 2.16. The molecule has 3 N–H and O–H groups in total. The third-order valence-corrected chi connectivity index (χ3v) is 7.19. The lowest BCUT2D eigenvalue weighted by molar-refractivity contribution is -0.161. The van der Waals surface area contributed by atoms with Gasteiger partial charge in [-0.15, -0.1) is 0 Å². The Hall–Kier alpha value is -1.44. The van der Waals surface area contributed by atoms with E-state index in [1.54, 1.807) is 0 Å². The van der Waals surface area contributed by atoms with E-state index >= 15 is 0 Å². The van der Waals surface area contributed by atoms with Gasteiger partial charge in [0.05, 0.1) is 18.8 Å². The molecule has 0 aliphatic carbocycles. The lowest BCUT2D eigenvalue weighted by Crippen LogP contribution is -2.28. The Bertz CT molecular complexity index is 620. The summed E-state index contributed by atoms with van der Waals surface area (Å²) in [7, 11) is 0. The maximum Gasteiger partial charge on any atom is 0.306 e. The highest BCUT2D eigenvalue weighted by Crippen LogP contribution is 2.14. The van der Waals surface area contributed by atoms with E-state index in [2.05, 4.69) is 26.8 Å². The van der Waals surface area contributed by atoms with Crippen molar-refractivity contribution in [1.29, 1.82) is 0 Å². The molecule has 0 aromatic carbocycles. The molecular formula is C33H62O7. The monoisotopic (exact) mass is 570 g/mol. The minimum Gasteiger partial charge on any atom is -0.462 e. The van der Waals surface area contributed by atoms with Crippen molar-refractivity contribution in [3.05, 3.63) is 12.2 Å². The minimum atomic E-state index is -0.823. The van der Waals surface area contributed by atoms with Crippen molar-refractivity contribution < 1.29 is 34.4 Å². The van der Waals surface area contributed by atoms with Gasteiger partial charge in [0.2, 0.25) is 0 Å². The topological polar surface area (TPSA) is 113 Å². The molecule has 7 nitrogen and oxygen atoms in total. The summed E-state index contributed by atoms with van der Waals surface area (Å²) in [6.45, 7) is 6.18. The van der Waals surface area contributed by atoms with E-state index in [0.29, 0.717) is 25.7 Å². The predicted octanol–water partition coefficient (Wildman–Crippen LogP) is 7.19. The van der Waals surface area contributed by atoms with E-state index in [-0.39, 0.29) is 25.6 Å². The summed E-state index contributed by atoms with van der Waals surface area (Å²) in [5, 5.41) is 29.7. The largest absolute Gasteiger partial charge is 0.462 e. The first-order valence-corrected chi connectivity index (χ1v) is 16.3. The van der Waals surface area contributed by atoms with Gasteiger partial charge in [0.25, 0.3) is 0 Å². The molecule has 0 saturated carbocycles. The van der Waals surface area contributed by atoms with Crippen LogP contribution in [0.4, 0.5) is 0 Å². The molecule has 0 aliphatic heterocycles. The summed E-state index contributed by atoms with van der Waals surface area (Å²) in [6, 6.07) is 0. The van der Waals surface area contributed by atoms with E-state index in [4.69, 9.17) is 9.47 Å². The number of carbonyl (C=O) groups excluding carboxylic acids is 2. The Morgan fingerprint density at radius 3 is 1.88 bits per heavy atom. The number of hydrogen-bond acceptors (Lipinski definition) is 7. The maximum absolute atomic E-state index is 12.1. The van der Waals surface area contributed by atoms with Crippen LogP contribution >= 0.6 is 0 Å². The first-order chi connectivity index (χ1) is 19.3. The molecular weight excluding hydrogens is 508 g/mol. The van der Waals surface area contributed by atoms with Crippen LogP contribution in [0.1, 0.15) is 149 Å². The molecule has 7 heteroatoms. The number of ether oxygens (including phenoxy) is 2. The van der Waals surface area contributed by atoms with Crippen LogP contribution in [0.3, 0.4) is 0 Å². The summed E-state index contributed by atoms with van der Waals surface area (Å²) in [5.74, 6) is 0.0534. The fourth-order valence-corrected chi connectivity index (χ4v) is 4.52. The molecule has 0 unspecified atom stereocenters. The number of esters is 2. The second-order valence-corrected chi connectivity index (χ2v) is 11.7. The highest BCUT2D eigenvalue weighted by molar-refractivity contribution is 5.70. The van der Waals surface area contributed by atoms with Crippen molar-refractivity contribution >= 4 is 11.9 Å². The number of hydrogen-bond donors (Lipinski definition) is 3. The molecule has 0 radical (unpaired) electrons. The van der Waals surface area contributed by atoms with Gasteiger partial charge in [0, 0.05) is 12.8 Å². The Morgan fingerprint density at radius 2 is 1.27 bits per heavy atom. The molecule has 3 atom stereocenters. The molecule has 40 heavy (non-hydrogen) atoms. The van der Waals surface area contributed by atoms with Crippen LogP contribution in [-0.2, 0) is 19.1 Å². The van der Waals surface area contributed by atoms with Gasteiger partial charge in [-0.25, -0.2) is 0 Å². The molecule has 0 aromatic heterocycles. The molecule has 0 bridgehead atoms. The van der Waals surface area contributed by atoms with Crippen LogP contribution in [0.25, 0.3) is 0 Å². The van der Waals surface area contributed by atoms with Crippen LogP contribution in [0.5, 0.6) is 0 Å². The summed E-state index contributed by atoms with van der Waals surface area (Å²) < 4.78 is 10.5. The second-order valence-electron chi connectivity index (χ2n) is 11.7. The number of unbranched alkanes of at least 4 members (excludes halogenated alkanes) is 12. The number of carbonyl (C=O) groups is 2. The van der Waals surface area contributed by atoms with Crippen LogP contribution in [0, 0.1) is 5.92 Å². The van der Waals surface area contributed by atoms with Gasteiger partial charge in [-0.05, 0) is 44.4 Å². The van der Waals surface area contributed by atoms with Crippen molar-refractivity contribution in [2.75, 3.05) is 13.2 Å². The number of aliphatic hydroxyl groups is 3. The van der Waals surface area contributed by atoms with E-state index in [1.807, 2.05) is 6.08 Å². The molecule has 0 saturated heterocycles. The van der Waals surface area contributed by atoms with E-state index in [0.717, 1.165) is 57.3 Å². The fraction of sp³-hybridized carbons (Fsp3) is 0.879. The predicted molar refractivity (Wildman–Crippen MR) is 162 cm³/mol. The zero-order valence-electron chi connectivity index (χ0n) is 26.0. The Kier molecular flexibility index (Phi) is 26.7. The Labute approximate surface area is 245 Å². The van der Waals surface area contributed by atoms with Crippen LogP contribution in [-0.4, -0.2) is 58.8 Å². The number of aliphatic hydroxyl groups excluding tert-OH is 3. The minimum absolute atomic E-state index is 0.112. The third-order valence-electron chi connectivity index (χ3n) is 7.19. The third kappa shape index (κ3) is 25.5. The summed E-state index contributed by atoms with van der Waals surface area (Å²) in [5.41, 5.74) is 0. The Balaban J connectivity index is 3.75. The van der Waals surface area contributed by atoms with Crippen LogP contribution < -0.4 is 0 Å². The molecule has 0 fully saturated rings.